The van der Waals surface area contributed by atoms with E-state index in [1.54, 1.807) is 167 Å². The number of fused-ring (bicyclic) bond motifs is 2. The number of hydrogen-bond acceptors (Lipinski definition) is 24. The van der Waals surface area contributed by atoms with Crippen molar-refractivity contribution in [2.24, 2.45) is 48.8 Å². The van der Waals surface area contributed by atoms with Gasteiger partial charge >= 0.3 is 11.9 Å². The number of hydrogen-bond donors (Lipinski definition) is 10. The first-order chi connectivity index (χ1) is 48.9. The molecule has 0 fully saturated rings. The Bertz CT molecular complexity index is 2970. The van der Waals surface area contributed by atoms with Gasteiger partial charge in [-0.3, -0.25) is 63.4 Å². The summed E-state index contributed by atoms with van der Waals surface area (Å²) in [5, 5.41) is 21.6. The van der Waals surface area contributed by atoms with Crippen LogP contribution in [-0.2, 0) is 33.5 Å². The first-order valence-electron chi connectivity index (χ1n) is 30.5. The van der Waals surface area contributed by atoms with Gasteiger partial charge in [0.05, 0.1) is 36.8 Å². The lowest BCUT2D eigenvalue weighted by molar-refractivity contribution is -0.156. The minimum Gasteiger partial charge on any atom is -0.394 e. The number of nitriles is 1. The van der Waals surface area contributed by atoms with Gasteiger partial charge < -0.3 is 69.2 Å². The molecule has 2 aliphatic heterocycles. The maximum atomic E-state index is 12.0. The summed E-state index contributed by atoms with van der Waals surface area (Å²) in [5.74, 6) is 3.67. The third-order valence-electron chi connectivity index (χ3n) is 9.70. The van der Waals surface area contributed by atoms with Crippen LogP contribution in [0, 0.1) is 16.7 Å². The summed E-state index contributed by atoms with van der Waals surface area (Å²) in [6.07, 6.45) is 9.79. The van der Waals surface area contributed by atoms with E-state index in [2.05, 4.69) is 73.3 Å². The summed E-state index contributed by atoms with van der Waals surface area (Å²) in [5.41, 5.74) is 33.6. The Balaban J connectivity index is -0.000000259. The number of carbonyl (C=O) groups is 10. The molecule has 2 aromatic heterocycles. The van der Waals surface area contributed by atoms with Crippen molar-refractivity contribution in [3.05, 3.63) is 132 Å². The van der Waals surface area contributed by atoms with E-state index in [-0.39, 0.29) is 64.9 Å². The number of nitrogens with one attached hydrogen (secondary N) is 4. The first-order valence-corrected chi connectivity index (χ1v) is 40.4. The Morgan fingerprint density at radius 3 is 1.27 bits per heavy atom. The normalized spacial score (nSPS) is 10.9. The van der Waals surface area contributed by atoms with Crippen LogP contribution in [-0.4, -0.2) is 203 Å². The summed E-state index contributed by atoms with van der Waals surface area (Å²) in [6, 6.07) is 26.7. The van der Waals surface area contributed by atoms with Crippen LogP contribution in [0.1, 0.15) is 117 Å². The van der Waals surface area contributed by atoms with Crippen molar-refractivity contribution in [3.63, 3.8) is 0 Å². The molecule has 16 N–H and O–H groups in total. The Hall–Kier alpha value is -7.68. The van der Waals surface area contributed by atoms with Crippen molar-refractivity contribution in [2.75, 3.05) is 96.0 Å². The highest BCUT2D eigenvalue weighted by Gasteiger charge is 2.35. The fourth-order valence-electron chi connectivity index (χ4n) is 5.53. The van der Waals surface area contributed by atoms with E-state index in [1.165, 1.54) is 69.7 Å². The highest BCUT2D eigenvalue weighted by molar-refractivity contribution is 9.93. The van der Waals surface area contributed by atoms with Gasteiger partial charge in [-0.15, -0.1) is 0 Å². The quantitative estimate of drug-likeness (QED) is 0.00524. The lowest BCUT2D eigenvalue weighted by Crippen LogP contribution is -2.32. The fraction of sp³-hybridized carbons (Fsp3) is 0.413. The Morgan fingerprint density at radius 1 is 0.618 bits per heavy atom. The van der Waals surface area contributed by atoms with Gasteiger partial charge in [0.1, 0.15) is 11.6 Å². The maximum Gasteiger partial charge on any atom is 0.310 e. The molecule has 6 rings (SSSR count). The van der Waals surface area contributed by atoms with Gasteiger partial charge in [-0.1, -0.05) is 79.6 Å². The molecule has 0 bridgehead atoms. The van der Waals surface area contributed by atoms with Gasteiger partial charge in [0.2, 0.25) is 23.7 Å². The topological polar surface area (TPSA) is 492 Å². The summed E-state index contributed by atoms with van der Waals surface area (Å²) < 4.78 is 24.6. The molecular formula is C63H98Br2FN19O11S6. The molecule has 39 heteroatoms. The summed E-state index contributed by atoms with van der Waals surface area (Å²) >= 11 is 7.90. The van der Waals surface area contributed by atoms with Crippen LogP contribution in [0.5, 0.6) is 0 Å². The maximum absolute atomic E-state index is 12.0. The number of rotatable bonds is 22. The SMILES string of the molecule is BrBr.CC#N.CC(=O)CCCSN1C(=O)c2ccccc2C1=O.CC(=O)CCCSSCCNC(C)=O.CC(=O)NCCSN=C(N)N=C(N)N(C)C.CC(=O)OC(C)=O.CN(C)C(N)=NC(=N)N.NCCSSCCN.O=C1NC(=O)c2ccccc21.[2H]CF.c1ccncc1.c1ccncc1. The van der Waals surface area contributed by atoms with Crippen LogP contribution in [0.2, 0.25) is 0 Å². The number of esters is 2. The molecule has 0 radical (unpaired) electrons. The largest absolute Gasteiger partial charge is 0.394 e. The predicted octanol–water partition coefficient (Wildman–Crippen LogP) is 7.81. The van der Waals surface area contributed by atoms with E-state index in [0.717, 1.165) is 49.1 Å². The number of Topliss-reactive ketones (excluding diaryl/α,β-unsaturated/α-hetero) is 2. The Morgan fingerprint density at radius 2 is 0.971 bits per heavy atom. The molecule has 0 aliphatic carbocycles. The van der Waals surface area contributed by atoms with Gasteiger partial charge in [-0.25, -0.2) is 4.31 Å². The van der Waals surface area contributed by atoms with Crippen molar-refractivity contribution in [1.29, 1.82) is 10.7 Å². The van der Waals surface area contributed by atoms with Crippen molar-refractivity contribution in [2.45, 2.75) is 74.1 Å². The van der Waals surface area contributed by atoms with Gasteiger partial charge in [-0.2, -0.15) is 19.6 Å². The second-order valence-electron chi connectivity index (χ2n) is 18.8. The van der Waals surface area contributed by atoms with Crippen molar-refractivity contribution < 1.29 is 58.4 Å². The zero-order valence-corrected chi connectivity index (χ0v) is 67.1. The van der Waals surface area contributed by atoms with Gasteiger partial charge in [0.25, 0.3) is 23.6 Å². The summed E-state index contributed by atoms with van der Waals surface area (Å²) in [6.45, 7) is 12.7. The van der Waals surface area contributed by atoms with Crippen LogP contribution in [0.3, 0.4) is 0 Å². The van der Waals surface area contributed by atoms with Crippen LogP contribution in [0.25, 0.3) is 0 Å². The van der Waals surface area contributed by atoms with Crippen molar-refractivity contribution in [1.82, 2.24) is 40.0 Å². The molecule has 0 atom stereocenters. The van der Waals surface area contributed by atoms with Crippen LogP contribution in [0.15, 0.2) is 124 Å². The molecular weight excluding hydrogens is 1570 g/mol. The van der Waals surface area contributed by atoms with Gasteiger partial charge in [-0.05, 0) is 99.1 Å². The number of aliphatic imine (C=N–C) groups is 2. The lowest BCUT2D eigenvalue weighted by Gasteiger charge is -2.11. The second-order valence-corrected chi connectivity index (χ2v) is 26.1. The number of amides is 6. The molecule has 30 nitrogen and oxygen atoms in total. The first kappa shape index (κ1) is 103. The number of ether oxygens (including phenoxy) is 1. The van der Waals surface area contributed by atoms with Crippen LogP contribution < -0.4 is 50.4 Å². The summed E-state index contributed by atoms with van der Waals surface area (Å²) in [7, 11) is 13.0. The summed E-state index contributed by atoms with van der Waals surface area (Å²) in [4.78, 5) is 126. The van der Waals surface area contributed by atoms with E-state index in [4.69, 9.17) is 46.4 Å². The number of pyridine rings is 2. The second kappa shape index (κ2) is 74.5. The number of aromatic nitrogens is 2. The predicted molar refractivity (Wildman–Crippen MR) is 426 cm³/mol. The number of carbonyl (C=O) groups excluding carboxylic acids is 10. The molecule has 4 aromatic rings. The molecule has 568 valence electrons. The van der Waals surface area contributed by atoms with Crippen LogP contribution in [0.4, 0.5) is 4.39 Å². The monoisotopic (exact) mass is 1670 g/mol. The Kier molecular flexibility index (Phi) is 75.2. The molecule has 6 amide bonds. The highest BCUT2D eigenvalue weighted by Crippen LogP contribution is 2.29. The number of nitrogens with zero attached hydrogens (tertiary/aromatic N) is 9. The van der Waals surface area contributed by atoms with E-state index in [1.807, 2.05) is 36.4 Å². The zero-order chi connectivity index (χ0) is 79.8. The molecule has 2 aliphatic rings. The van der Waals surface area contributed by atoms with Gasteiger partial charge in [0, 0.05) is 189 Å². The smallest absolute Gasteiger partial charge is 0.310 e. The van der Waals surface area contributed by atoms with Crippen molar-refractivity contribution >= 4 is 178 Å². The van der Waals surface area contributed by atoms with E-state index in [0.29, 0.717) is 65.5 Å². The number of benzene rings is 2. The van der Waals surface area contributed by atoms with Gasteiger partial charge in [0.15, 0.2) is 11.9 Å². The number of alkyl halides is 1. The minimum atomic E-state index is -1.00. The molecule has 0 unspecified atom stereocenters. The third-order valence-corrected chi connectivity index (χ3v) is 16.4. The molecule has 0 spiro atoms. The number of ketones is 2. The molecule has 0 saturated heterocycles. The lowest BCUT2D eigenvalue weighted by atomic mass is 10.1. The zero-order valence-electron chi connectivity index (χ0n) is 60.1. The highest BCUT2D eigenvalue weighted by atomic mass is 80.9. The number of halogens is 3. The number of nitrogens with two attached hydrogens (primary N) is 6. The van der Waals surface area contributed by atoms with Crippen molar-refractivity contribution in [3.8, 4) is 6.07 Å². The van der Waals surface area contributed by atoms with E-state index >= 15 is 0 Å². The molecule has 4 heterocycles. The minimum absolute atomic E-state index is 0.0205. The van der Waals surface area contributed by atoms with E-state index in [9.17, 15) is 52.3 Å². The van der Waals surface area contributed by atoms with Crippen LogP contribution >= 0.6 is 95.3 Å². The number of guanidine groups is 4. The fourth-order valence-corrected chi connectivity index (χ4v) is 10.6. The average molecular weight is 1670 g/mol. The molecule has 0 saturated carbocycles. The molecule has 102 heavy (non-hydrogen) atoms. The van der Waals surface area contributed by atoms with E-state index < -0.39 is 19.1 Å². The Labute approximate surface area is 639 Å². The standard InChI is InChI=1S/C13H13NO3S.C9H17NO2S2.C8H18N6OS.C8H5NO2.2C5H5N.C4H11N5.C4H12N2S2.C4H6O3.C2H3N.CH3F.Br2/c1-9(15)5-4-8-18-14-12(16)10-6-2-3-7-11(10)13(14)17;1-8(11)4-3-6-13-14-7-5-10-9(2)12;1-6(15)11-4-5-16-13-7(9)12-8(10)14(2)3;10-7-5-3-1-2-4-6(5)8(11)9-7;2*1-2-4-6-5-3-1;1-9(2)4(7)8-3(5)6;5-1-3-7-8-4-2-6;1-3(5)7-4(2)6;1-2-3;2*1-2/h2-3,6-7H,4-5,8H2,1H3;3-7H2,1-2H3,(H,10,12);4-5H2,1-3H3,(H,11,15)(H4,9,10,12,13);1-4H,(H,9,10,11);2*1-5H;1-2H3,(H5,5,6,7,8);1-6H2;1-2H3;1H3;1H3;/i;;;;;;;;;;1D;. The molecule has 2 aromatic carbocycles. The number of imide groups is 2. The average Bonchev–Trinajstić information content (AvgIpc) is 1.65. The third kappa shape index (κ3) is 69.4.